The lowest BCUT2D eigenvalue weighted by Gasteiger charge is -2.33. The molecule has 1 aliphatic rings. The highest BCUT2D eigenvalue weighted by Crippen LogP contribution is 2.23. The number of nitrogens with zero attached hydrogens (tertiary/aromatic N) is 3. The van der Waals surface area contributed by atoms with Gasteiger partial charge in [-0.1, -0.05) is 18.2 Å². The van der Waals surface area contributed by atoms with Crippen LogP contribution in [0.2, 0.25) is 0 Å². The minimum atomic E-state index is -0.164. The molecule has 1 saturated heterocycles. The number of aryl methyl sites for hydroxylation is 1. The number of para-hydroxylation sites is 1. The molecule has 1 N–H and O–H groups in total. The number of rotatable bonds is 6. The molecule has 7 nitrogen and oxygen atoms in total. The van der Waals surface area contributed by atoms with Crippen molar-refractivity contribution < 1.29 is 13.9 Å². The molecule has 1 unspecified atom stereocenters. The molecule has 1 amide bonds. The van der Waals surface area contributed by atoms with E-state index < -0.39 is 0 Å². The van der Waals surface area contributed by atoms with E-state index in [4.69, 9.17) is 9.15 Å². The lowest BCUT2D eigenvalue weighted by molar-refractivity contribution is 0.0116. The van der Waals surface area contributed by atoms with Gasteiger partial charge in [0.05, 0.1) is 31.8 Å². The van der Waals surface area contributed by atoms with E-state index in [0.29, 0.717) is 25.5 Å². The Morgan fingerprint density at radius 1 is 1.18 bits per heavy atom. The van der Waals surface area contributed by atoms with Gasteiger partial charge in [0.25, 0.3) is 5.91 Å². The molecule has 3 heterocycles. The van der Waals surface area contributed by atoms with E-state index in [9.17, 15) is 4.79 Å². The summed E-state index contributed by atoms with van der Waals surface area (Å²) < 4.78 is 13.1. The number of carbonyl (C=O) groups is 1. The normalized spacial score (nSPS) is 16.0. The maximum absolute atomic E-state index is 12.9. The third kappa shape index (κ3) is 4.00. The van der Waals surface area contributed by atoms with Gasteiger partial charge in [-0.2, -0.15) is 0 Å². The van der Waals surface area contributed by atoms with Crippen molar-refractivity contribution in [3.63, 3.8) is 0 Å². The molecule has 146 valence electrons. The minimum Gasteiger partial charge on any atom is -0.465 e. The summed E-state index contributed by atoms with van der Waals surface area (Å²) in [6.45, 7) is 5.36. The predicted octanol–water partition coefficient (Wildman–Crippen LogP) is 2.58. The molecule has 1 fully saturated rings. The highest BCUT2D eigenvalue weighted by molar-refractivity contribution is 5.93. The Bertz CT molecular complexity index is 913. The van der Waals surface area contributed by atoms with Crippen LogP contribution >= 0.6 is 0 Å². The number of hydrogen-bond acceptors (Lipinski definition) is 5. The number of hydrogen-bond donors (Lipinski definition) is 1. The summed E-state index contributed by atoms with van der Waals surface area (Å²) in [7, 11) is 0. The summed E-state index contributed by atoms with van der Waals surface area (Å²) in [5.74, 6) is 1.56. The van der Waals surface area contributed by atoms with Gasteiger partial charge in [-0.25, -0.2) is 4.98 Å². The predicted molar refractivity (Wildman–Crippen MR) is 104 cm³/mol. The molecule has 0 spiro atoms. The van der Waals surface area contributed by atoms with Crippen LogP contribution in [0.15, 0.2) is 59.4 Å². The summed E-state index contributed by atoms with van der Waals surface area (Å²) in [4.78, 5) is 19.3. The van der Waals surface area contributed by atoms with Gasteiger partial charge in [0, 0.05) is 25.3 Å². The third-order valence-corrected chi connectivity index (χ3v) is 4.94. The van der Waals surface area contributed by atoms with E-state index in [2.05, 4.69) is 15.2 Å². The van der Waals surface area contributed by atoms with Crippen molar-refractivity contribution in [1.82, 2.24) is 19.8 Å². The van der Waals surface area contributed by atoms with Crippen molar-refractivity contribution in [1.29, 1.82) is 0 Å². The topological polar surface area (TPSA) is 72.5 Å². The highest BCUT2D eigenvalue weighted by atomic mass is 16.5. The highest BCUT2D eigenvalue weighted by Gasteiger charge is 2.26. The number of carbonyl (C=O) groups excluding carboxylic acids is 1. The van der Waals surface area contributed by atoms with Gasteiger partial charge >= 0.3 is 0 Å². The Morgan fingerprint density at radius 2 is 1.96 bits per heavy atom. The number of nitrogens with one attached hydrogen (secondary N) is 1. The van der Waals surface area contributed by atoms with Crippen LogP contribution in [0.5, 0.6) is 0 Å². The maximum atomic E-state index is 12.9. The van der Waals surface area contributed by atoms with Gasteiger partial charge in [-0.15, -0.1) is 0 Å². The zero-order chi connectivity index (χ0) is 19.3. The molecule has 4 rings (SSSR count). The van der Waals surface area contributed by atoms with Crippen LogP contribution in [0.25, 0.3) is 5.69 Å². The number of ether oxygens (including phenoxy) is 1. The van der Waals surface area contributed by atoms with Gasteiger partial charge in [-0.3, -0.25) is 14.3 Å². The lowest BCUT2D eigenvalue weighted by Crippen LogP contribution is -2.43. The third-order valence-electron chi connectivity index (χ3n) is 4.94. The minimum absolute atomic E-state index is 0.0327. The Hall–Kier alpha value is -2.90. The van der Waals surface area contributed by atoms with Crippen molar-refractivity contribution in [3.8, 4) is 5.69 Å². The van der Waals surface area contributed by atoms with Crippen molar-refractivity contribution >= 4 is 5.91 Å². The molecule has 1 aromatic carbocycles. The first-order valence-electron chi connectivity index (χ1n) is 9.46. The summed E-state index contributed by atoms with van der Waals surface area (Å²) in [5, 5.41) is 3.06. The number of aromatic nitrogens is 2. The van der Waals surface area contributed by atoms with Crippen LogP contribution in [0.3, 0.4) is 0 Å². The van der Waals surface area contributed by atoms with E-state index in [1.54, 1.807) is 17.1 Å². The molecule has 0 saturated carbocycles. The Balaban J connectivity index is 1.50. The molecule has 0 aliphatic carbocycles. The molecule has 0 bridgehead atoms. The lowest BCUT2D eigenvalue weighted by atomic mass is 10.1. The van der Waals surface area contributed by atoms with Crippen molar-refractivity contribution in [3.05, 3.63) is 72.2 Å². The number of morpholine rings is 1. The van der Waals surface area contributed by atoms with E-state index in [1.807, 2.05) is 49.4 Å². The first-order chi connectivity index (χ1) is 13.7. The quantitative estimate of drug-likeness (QED) is 0.712. The molecule has 3 aromatic rings. The average molecular weight is 380 g/mol. The van der Waals surface area contributed by atoms with Crippen molar-refractivity contribution in [2.75, 3.05) is 32.8 Å². The Morgan fingerprint density at radius 3 is 2.68 bits per heavy atom. The van der Waals surface area contributed by atoms with E-state index in [1.165, 1.54) is 0 Å². The van der Waals surface area contributed by atoms with Gasteiger partial charge in [0.1, 0.15) is 17.2 Å². The SMILES string of the molecule is Cc1ccc(C(CNC(=O)c2cncn2-c2ccccc2)N2CCOCC2)o1. The zero-order valence-electron chi connectivity index (χ0n) is 15.9. The van der Waals surface area contributed by atoms with Crippen LogP contribution < -0.4 is 5.32 Å². The van der Waals surface area contributed by atoms with Gasteiger partial charge in [0.2, 0.25) is 0 Å². The number of imidazole rings is 1. The molecule has 28 heavy (non-hydrogen) atoms. The molecular weight excluding hydrogens is 356 g/mol. The second kappa shape index (κ2) is 8.41. The molecule has 7 heteroatoms. The zero-order valence-corrected chi connectivity index (χ0v) is 15.9. The number of benzene rings is 1. The summed E-state index contributed by atoms with van der Waals surface area (Å²) in [6.07, 6.45) is 3.24. The number of amides is 1. The first kappa shape index (κ1) is 18.5. The van der Waals surface area contributed by atoms with Crippen LogP contribution in [0.4, 0.5) is 0 Å². The number of furan rings is 1. The van der Waals surface area contributed by atoms with Crippen LogP contribution in [0, 0.1) is 6.92 Å². The van der Waals surface area contributed by atoms with Crippen LogP contribution in [-0.2, 0) is 4.74 Å². The fraction of sp³-hybridized carbons (Fsp3) is 0.333. The molecule has 2 aromatic heterocycles. The summed E-state index contributed by atoms with van der Waals surface area (Å²) in [5.41, 5.74) is 1.40. The van der Waals surface area contributed by atoms with E-state index >= 15 is 0 Å². The fourth-order valence-corrected chi connectivity index (χ4v) is 3.47. The van der Waals surface area contributed by atoms with E-state index in [0.717, 1.165) is 30.3 Å². The summed E-state index contributed by atoms with van der Waals surface area (Å²) in [6, 6.07) is 13.6. The summed E-state index contributed by atoms with van der Waals surface area (Å²) >= 11 is 0. The van der Waals surface area contributed by atoms with Crippen molar-refractivity contribution in [2.45, 2.75) is 13.0 Å². The van der Waals surface area contributed by atoms with E-state index in [-0.39, 0.29) is 11.9 Å². The second-order valence-electron chi connectivity index (χ2n) is 6.81. The fourth-order valence-electron chi connectivity index (χ4n) is 3.47. The van der Waals surface area contributed by atoms with Crippen LogP contribution in [0.1, 0.15) is 28.1 Å². The van der Waals surface area contributed by atoms with Gasteiger partial charge < -0.3 is 14.5 Å². The Kier molecular flexibility index (Phi) is 5.55. The molecule has 0 radical (unpaired) electrons. The monoisotopic (exact) mass is 380 g/mol. The van der Waals surface area contributed by atoms with Crippen LogP contribution in [-0.4, -0.2) is 53.2 Å². The van der Waals surface area contributed by atoms with Crippen molar-refractivity contribution in [2.24, 2.45) is 0 Å². The molecular formula is C21H24N4O3. The molecule has 1 atom stereocenters. The largest absolute Gasteiger partial charge is 0.465 e. The smallest absolute Gasteiger partial charge is 0.269 e. The maximum Gasteiger partial charge on any atom is 0.269 e. The van der Waals surface area contributed by atoms with Gasteiger partial charge in [-0.05, 0) is 31.2 Å². The van der Waals surface area contributed by atoms with Gasteiger partial charge in [0.15, 0.2) is 0 Å². The Labute approximate surface area is 163 Å². The first-order valence-corrected chi connectivity index (χ1v) is 9.46. The second-order valence-corrected chi connectivity index (χ2v) is 6.81. The average Bonchev–Trinajstić information content (AvgIpc) is 3.39. The molecule has 1 aliphatic heterocycles. The standard InChI is InChI=1S/C21H24N4O3/c1-16-7-8-20(28-16)18(24-9-11-27-12-10-24)14-23-21(26)19-13-22-15-25(19)17-5-3-2-4-6-17/h2-8,13,15,18H,9-12,14H2,1H3,(H,23,26).